The molecule has 0 aliphatic heterocycles. The molecule has 4 heteroatoms. The summed E-state index contributed by atoms with van der Waals surface area (Å²) >= 11 is 2.13. The third-order valence-electron chi connectivity index (χ3n) is 3.42. The number of nitrogens with zero attached hydrogens (tertiary/aromatic N) is 2. The second-order valence-electron chi connectivity index (χ2n) is 4.64. The maximum Gasteiger partial charge on any atom is 0.0946 e. The Bertz CT molecular complexity index is 298. The fourth-order valence-electron chi connectivity index (χ4n) is 2.54. The zero-order chi connectivity index (χ0) is 11.9. The number of nitrogens with one attached hydrogen (secondary N) is 1. The molecule has 2 rings (SSSR count). The highest BCUT2D eigenvalue weighted by Gasteiger charge is 2.23. The minimum Gasteiger partial charge on any atom is -0.336 e. The number of hydrogen-bond donors (Lipinski definition) is 1. The highest BCUT2D eigenvalue weighted by Crippen LogP contribution is 2.28. The van der Waals surface area contributed by atoms with Crippen LogP contribution in [0, 0.1) is 0 Å². The Labute approximate surface area is 108 Å². The number of hydrogen-bond acceptors (Lipinski definition) is 3. The summed E-state index contributed by atoms with van der Waals surface area (Å²) in [5, 5.41) is 4.56. The van der Waals surface area contributed by atoms with Crippen LogP contribution in [0.3, 0.4) is 0 Å². The van der Waals surface area contributed by atoms with Crippen LogP contribution < -0.4 is 5.32 Å². The SMILES string of the molecule is CCS[C@H]1CCCC[C@H]1NCCn1ccnc1. The molecule has 0 spiro atoms. The molecule has 17 heavy (non-hydrogen) atoms. The first kappa shape index (κ1) is 13.0. The van der Waals surface area contributed by atoms with Crippen LogP contribution in [0.4, 0.5) is 0 Å². The molecular weight excluding hydrogens is 230 g/mol. The second kappa shape index (κ2) is 7.07. The Hall–Kier alpha value is -0.480. The summed E-state index contributed by atoms with van der Waals surface area (Å²) in [7, 11) is 0. The lowest BCUT2D eigenvalue weighted by molar-refractivity contribution is 0.378. The van der Waals surface area contributed by atoms with Crippen molar-refractivity contribution in [1.82, 2.24) is 14.9 Å². The van der Waals surface area contributed by atoms with Gasteiger partial charge in [-0.1, -0.05) is 19.8 Å². The van der Waals surface area contributed by atoms with Crippen LogP contribution in [0.15, 0.2) is 18.7 Å². The summed E-state index contributed by atoms with van der Waals surface area (Å²) in [6.45, 7) is 4.35. The van der Waals surface area contributed by atoms with Gasteiger partial charge >= 0.3 is 0 Å². The summed E-state index contributed by atoms with van der Waals surface area (Å²) in [5.74, 6) is 1.24. The smallest absolute Gasteiger partial charge is 0.0946 e. The molecule has 0 amide bonds. The van der Waals surface area contributed by atoms with Crippen LogP contribution in [-0.4, -0.2) is 33.1 Å². The fourth-order valence-corrected chi connectivity index (χ4v) is 3.77. The molecule has 1 aliphatic carbocycles. The van der Waals surface area contributed by atoms with Crippen LogP contribution in [0.2, 0.25) is 0 Å². The number of aromatic nitrogens is 2. The van der Waals surface area contributed by atoms with Crippen LogP contribution in [-0.2, 0) is 6.54 Å². The monoisotopic (exact) mass is 253 g/mol. The predicted molar refractivity (Wildman–Crippen MR) is 74.4 cm³/mol. The van der Waals surface area contributed by atoms with Crippen molar-refractivity contribution >= 4 is 11.8 Å². The van der Waals surface area contributed by atoms with Crippen molar-refractivity contribution in [3.8, 4) is 0 Å². The van der Waals surface area contributed by atoms with Gasteiger partial charge < -0.3 is 9.88 Å². The van der Waals surface area contributed by atoms with E-state index in [1.54, 1.807) is 0 Å². The zero-order valence-electron chi connectivity index (χ0n) is 10.6. The van der Waals surface area contributed by atoms with Gasteiger partial charge in [0.2, 0.25) is 0 Å². The van der Waals surface area contributed by atoms with Gasteiger partial charge in [0.05, 0.1) is 6.33 Å². The topological polar surface area (TPSA) is 29.9 Å². The Balaban J connectivity index is 1.72. The quantitative estimate of drug-likeness (QED) is 0.845. The van der Waals surface area contributed by atoms with Crippen LogP contribution in [0.5, 0.6) is 0 Å². The predicted octanol–water partition coefficient (Wildman–Crippen LogP) is 2.54. The van der Waals surface area contributed by atoms with Crippen molar-refractivity contribution < 1.29 is 0 Å². The second-order valence-corrected chi connectivity index (χ2v) is 6.16. The van der Waals surface area contributed by atoms with Crippen molar-refractivity contribution in [3.63, 3.8) is 0 Å². The number of rotatable bonds is 6. The number of thioether (sulfide) groups is 1. The minimum atomic E-state index is 0.720. The summed E-state index contributed by atoms with van der Waals surface area (Å²) in [6, 6.07) is 0.720. The van der Waals surface area contributed by atoms with Gasteiger partial charge in [-0.25, -0.2) is 4.98 Å². The van der Waals surface area contributed by atoms with Crippen molar-refractivity contribution in [2.75, 3.05) is 12.3 Å². The average molecular weight is 253 g/mol. The summed E-state index contributed by atoms with van der Waals surface area (Å²) in [6.07, 6.45) is 11.3. The Morgan fingerprint density at radius 3 is 3.06 bits per heavy atom. The first-order valence-electron chi connectivity index (χ1n) is 6.71. The molecule has 0 bridgehead atoms. The van der Waals surface area contributed by atoms with Crippen LogP contribution >= 0.6 is 11.8 Å². The van der Waals surface area contributed by atoms with E-state index in [2.05, 4.69) is 33.6 Å². The highest BCUT2D eigenvalue weighted by atomic mass is 32.2. The van der Waals surface area contributed by atoms with Crippen LogP contribution in [0.1, 0.15) is 32.6 Å². The molecule has 96 valence electrons. The van der Waals surface area contributed by atoms with Gasteiger partial charge in [-0.15, -0.1) is 0 Å². The molecule has 1 aromatic rings. The molecule has 1 N–H and O–H groups in total. The molecule has 2 atom stereocenters. The van der Waals surface area contributed by atoms with Crippen LogP contribution in [0.25, 0.3) is 0 Å². The molecule has 1 aliphatic rings. The van der Waals surface area contributed by atoms with E-state index in [9.17, 15) is 0 Å². The highest BCUT2D eigenvalue weighted by molar-refractivity contribution is 7.99. The molecule has 3 nitrogen and oxygen atoms in total. The molecule has 1 saturated carbocycles. The van der Waals surface area contributed by atoms with Gasteiger partial charge in [-0.2, -0.15) is 11.8 Å². The van der Waals surface area contributed by atoms with E-state index in [0.29, 0.717) is 0 Å². The largest absolute Gasteiger partial charge is 0.336 e. The lowest BCUT2D eigenvalue weighted by Gasteiger charge is -2.31. The Kier molecular flexibility index (Phi) is 5.39. The van der Waals surface area contributed by atoms with Crippen molar-refractivity contribution in [1.29, 1.82) is 0 Å². The van der Waals surface area contributed by atoms with E-state index in [1.165, 1.54) is 31.4 Å². The van der Waals surface area contributed by atoms with E-state index >= 15 is 0 Å². The van der Waals surface area contributed by atoms with Crippen molar-refractivity contribution in [2.24, 2.45) is 0 Å². The zero-order valence-corrected chi connectivity index (χ0v) is 11.5. The maximum absolute atomic E-state index is 4.06. The number of imidazole rings is 1. The lowest BCUT2D eigenvalue weighted by Crippen LogP contribution is -2.41. The maximum atomic E-state index is 4.06. The summed E-state index contributed by atoms with van der Waals surface area (Å²) < 4.78 is 2.14. The average Bonchev–Trinajstić information content (AvgIpc) is 2.85. The van der Waals surface area contributed by atoms with E-state index < -0.39 is 0 Å². The van der Waals surface area contributed by atoms with E-state index in [4.69, 9.17) is 0 Å². The molecule has 0 aromatic carbocycles. The normalized spacial score (nSPS) is 25.0. The first-order valence-corrected chi connectivity index (χ1v) is 7.75. The van der Waals surface area contributed by atoms with Crippen molar-refractivity contribution in [3.05, 3.63) is 18.7 Å². The minimum absolute atomic E-state index is 0.720. The van der Waals surface area contributed by atoms with Crippen molar-refractivity contribution in [2.45, 2.75) is 50.4 Å². The molecule has 0 saturated heterocycles. The first-order chi connectivity index (χ1) is 8.40. The molecule has 1 fully saturated rings. The third kappa shape index (κ3) is 4.03. The molecule has 1 heterocycles. The van der Waals surface area contributed by atoms with E-state index in [1.807, 2.05) is 18.7 Å². The standard InChI is InChI=1S/C13H23N3S/c1-2-17-13-6-4-3-5-12(13)15-8-10-16-9-7-14-11-16/h7,9,11-13,15H,2-6,8,10H2,1H3/t12-,13+/m1/s1. The molecule has 0 unspecified atom stereocenters. The molecule has 1 aromatic heterocycles. The third-order valence-corrected chi connectivity index (χ3v) is 4.74. The summed E-state index contributed by atoms with van der Waals surface area (Å²) in [4.78, 5) is 4.06. The van der Waals surface area contributed by atoms with Gasteiger partial charge in [-0.3, -0.25) is 0 Å². The molecular formula is C13H23N3S. The van der Waals surface area contributed by atoms with Gasteiger partial charge in [0.1, 0.15) is 0 Å². The van der Waals surface area contributed by atoms with E-state index in [-0.39, 0.29) is 0 Å². The lowest BCUT2D eigenvalue weighted by atomic mass is 9.95. The Morgan fingerprint density at radius 1 is 1.41 bits per heavy atom. The Morgan fingerprint density at radius 2 is 2.29 bits per heavy atom. The van der Waals surface area contributed by atoms with Gasteiger partial charge in [0.15, 0.2) is 0 Å². The van der Waals surface area contributed by atoms with Gasteiger partial charge in [0.25, 0.3) is 0 Å². The van der Waals surface area contributed by atoms with Gasteiger partial charge in [0, 0.05) is 36.8 Å². The van der Waals surface area contributed by atoms with E-state index in [0.717, 1.165) is 24.4 Å². The fraction of sp³-hybridized carbons (Fsp3) is 0.769. The van der Waals surface area contributed by atoms with Gasteiger partial charge in [-0.05, 0) is 18.6 Å². The molecule has 0 radical (unpaired) electrons. The summed E-state index contributed by atoms with van der Waals surface area (Å²) in [5.41, 5.74) is 0.